The second-order valence-electron chi connectivity index (χ2n) is 3.25. The van der Waals surface area contributed by atoms with E-state index in [-0.39, 0.29) is 0 Å². The zero-order chi connectivity index (χ0) is 8.23. The van der Waals surface area contributed by atoms with E-state index in [4.69, 9.17) is 9.47 Å². The molecule has 12 heavy (non-hydrogen) atoms. The van der Waals surface area contributed by atoms with Crippen LogP contribution in [0.4, 0.5) is 0 Å². The van der Waals surface area contributed by atoms with E-state index in [1.165, 1.54) is 5.57 Å². The van der Waals surface area contributed by atoms with Crippen LogP contribution in [-0.2, 0) is 9.47 Å². The van der Waals surface area contributed by atoms with Crippen molar-refractivity contribution >= 4 is 0 Å². The van der Waals surface area contributed by atoms with Crippen LogP contribution in [0.25, 0.3) is 0 Å². The summed E-state index contributed by atoms with van der Waals surface area (Å²) in [5.74, 6) is 0. The minimum Gasteiger partial charge on any atom is -0.501 e. The predicted molar refractivity (Wildman–Crippen MR) is 45.9 cm³/mol. The molecule has 0 saturated carbocycles. The summed E-state index contributed by atoms with van der Waals surface area (Å²) in [6.45, 7) is 3.47. The highest BCUT2D eigenvalue weighted by atomic mass is 16.5. The number of nitrogens with one attached hydrogen (secondary N) is 1. The van der Waals surface area contributed by atoms with Crippen LogP contribution >= 0.6 is 0 Å². The molecule has 2 heterocycles. The molecule has 0 aromatic heterocycles. The largest absolute Gasteiger partial charge is 0.501 e. The number of ether oxygens (including phenoxy) is 2. The molecule has 3 heteroatoms. The Morgan fingerprint density at radius 3 is 3.08 bits per heavy atom. The van der Waals surface area contributed by atoms with E-state index >= 15 is 0 Å². The Morgan fingerprint density at radius 1 is 1.42 bits per heavy atom. The van der Waals surface area contributed by atoms with Crippen LogP contribution in [0.5, 0.6) is 0 Å². The molecule has 1 atom stereocenters. The maximum Gasteiger partial charge on any atom is 0.0876 e. The van der Waals surface area contributed by atoms with Crippen LogP contribution in [0.15, 0.2) is 11.8 Å². The highest BCUT2D eigenvalue weighted by molar-refractivity contribution is 5.10. The summed E-state index contributed by atoms with van der Waals surface area (Å²) < 4.78 is 10.7. The molecule has 0 bridgehead atoms. The Hall–Kier alpha value is -0.540. The van der Waals surface area contributed by atoms with Crippen LogP contribution in [0.2, 0.25) is 0 Å². The van der Waals surface area contributed by atoms with Crippen LogP contribution < -0.4 is 5.32 Å². The van der Waals surface area contributed by atoms with Gasteiger partial charge in [0.2, 0.25) is 0 Å². The predicted octanol–water partition coefficient (Wildman–Crippen LogP) is 0.669. The summed E-state index contributed by atoms with van der Waals surface area (Å²) in [7, 11) is 0. The van der Waals surface area contributed by atoms with Gasteiger partial charge in [0, 0.05) is 6.54 Å². The van der Waals surface area contributed by atoms with Gasteiger partial charge in [0.1, 0.15) is 0 Å². The second kappa shape index (κ2) is 3.92. The minimum absolute atomic E-state index is 0.402. The van der Waals surface area contributed by atoms with E-state index in [0.29, 0.717) is 6.04 Å². The van der Waals surface area contributed by atoms with Gasteiger partial charge in [-0.3, -0.25) is 0 Å². The van der Waals surface area contributed by atoms with Gasteiger partial charge in [-0.1, -0.05) is 0 Å². The summed E-state index contributed by atoms with van der Waals surface area (Å²) in [4.78, 5) is 0. The summed E-state index contributed by atoms with van der Waals surface area (Å²) in [6, 6.07) is 0.402. The fourth-order valence-corrected chi connectivity index (χ4v) is 1.64. The fraction of sp³-hybridized carbons (Fsp3) is 0.778. The van der Waals surface area contributed by atoms with Gasteiger partial charge in [0.05, 0.1) is 32.1 Å². The highest BCUT2D eigenvalue weighted by Gasteiger charge is 2.19. The van der Waals surface area contributed by atoms with Crippen molar-refractivity contribution in [3.8, 4) is 0 Å². The highest BCUT2D eigenvalue weighted by Crippen LogP contribution is 2.16. The van der Waals surface area contributed by atoms with E-state index in [1.54, 1.807) is 0 Å². The molecule has 3 nitrogen and oxygen atoms in total. The van der Waals surface area contributed by atoms with Gasteiger partial charge in [-0.25, -0.2) is 0 Å². The molecule has 0 aromatic rings. The smallest absolute Gasteiger partial charge is 0.0876 e. The first-order valence-electron chi connectivity index (χ1n) is 4.58. The van der Waals surface area contributed by atoms with Gasteiger partial charge in [-0.05, 0) is 18.4 Å². The molecule has 1 saturated heterocycles. The summed E-state index contributed by atoms with van der Waals surface area (Å²) in [5.41, 5.74) is 1.36. The monoisotopic (exact) mass is 169 g/mol. The van der Waals surface area contributed by atoms with Crippen LogP contribution in [0, 0.1) is 0 Å². The molecule has 2 aliphatic heterocycles. The number of morpholine rings is 1. The first kappa shape index (κ1) is 8.08. The molecule has 0 radical (unpaired) electrons. The van der Waals surface area contributed by atoms with Crippen molar-refractivity contribution in [3.63, 3.8) is 0 Å². The van der Waals surface area contributed by atoms with Crippen molar-refractivity contribution in [3.05, 3.63) is 11.8 Å². The standard InChI is InChI=1S/C9H15NO2/c1-2-8(6-11-4-1)9-7-12-5-3-10-9/h6,9-10H,1-5,7H2. The van der Waals surface area contributed by atoms with Crippen molar-refractivity contribution < 1.29 is 9.47 Å². The van der Waals surface area contributed by atoms with E-state index in [1.807, 2.05) is 6.26 Å². The van der Waals surface area contributed by atoms with Crippen LogP contribution in [0.1, 0.15) is 12.8 Å². The fourth-order valence-electron chi connectivity index (χ4n) is 1.64. The summed E-state index contributed by atoms with van der Waals surface area (Å²) >= 11 is 0. The van der Waals surface area contributed by atoms with Gasteiger partial charge in [-0.2, -0.15) is 0 Å². The van der Waals surface area contributed by atoms with Crippen LogP contribution in [-0.4, -0.2) is 32.4 Å². The van der Waals surface area contributed by atoms with E-state index in [2.05, 4.69) is 5.32 Å². The normalized spacial score (nSPS) is 30.7. The number of hydrogen-bond donors (Lipinski definition) is 1. The maximum absolute atomic E-state index is 5.38. The number of rotatable bonds is 1. The summed E-state index contributed by atoms with van der Waals surface area (Å²) in [6.07, 6.45) is 4.20. The third-order valence-electron chi connectivity index (χ3n) is 2.33. The van der Waals surface area contributed by atoms with Gasteiger partial charge in [0.15, 0.2) is 0 Å². The topological polar surface area (TPSA) is 30.5 Å². The Bertz CT molecular complexity index is 173. The Kier molecular flexibility index (Phi) is 2.64. The molecule has 0 spiro atoms. The second-order valence-corrected chi connectivity index (χ2v) is 3.25. The molecule has 68 valence electrons. The van der Waals surface area contributed by atoms with Gasteiger partial charge >= 0.3 is 0 Å². The van der Waals surface area contributed by atoms with Crippen molar-refractivity contribution in [2.75, 3.05) is 26.4 Å². The molecule has 2 rings (SSSR count). The average Bonchev–Trinajstić information content (AvgIpc) is 2.21. The van der Waals surface area contributed by atoms with E-state index in [0.717, 1.165) is 39.2 Å². The molecular weight excluding hydrogens is 154 g/mol. The first-order valence-corrected chi connectivity index (χ1v) is 4.58. The third kappa shape index (κ3) is 1.79. The molecule has 0 aliphatic carbocycles. The van der Waals surface area contributed by atoms with E-state index in [9.17, 15) is 0 Å². The zero-order valence-corrected chi connectivity index (χ0v) is 7.21. The van der Waals surface area contributed by atoms with Crippen molar-refractivity contribution in [1.29, 1.82) is 0 Å². The summed E-state index contributed by atoms with van der Waals surface area (Å²) in [5, 5.41) is 3.42. The first-order chi connectivity index (χ1) is 5.97. The molecular formula is C9H15NO2. The van der Waals surface area contributed by atoms with Crippen molar-refractivity contribution in [2.24, 2.45) is 0 Å². The maximum atomic E-state index is 5.38. The molecule has 2 aliphatic rings. The average molecular weight is 169 g/mol. The quantitative estimate of drug-likeness (QED) is 0.625. The van der Waals surface area contributed by atoms with Crippen LogP contribution in [0.3, 0.4) is 0 Å². The lowest BCUT2D eigenvalue weighted by atomic mass is 10.0. The van der Waals surface area contributed by atoms with E-state index < -0.39 is 0 Å². The van der Waals surface area contributed by atoms with Gasteiger partial charge in [0.25, 0.3) is 0 Å². The lowest BCUT2D eigenvalue weighted by Crippen LogP contribution is -2.42. The van der Waals surface area contributed by atoms with Gasteiger partial charge in [-0.15, -0.1) is 0 Å². The minimum atomic E-state index is 0.402. The lowest BCUT2D eigenvalue weighted by Gasteiger charge is -2.27. The Morgan fingerprint density at radius 2 is 2.42 bits per heavy atom. The van der Waals surface area contributed by atoms with Crippen molar-refractivity contribution in [1.82, 2.24) is 5.32 Å². The molecule has 1 fully saturated rings. The Balaban J connectivity index is 1.92. The molecule has 1 unspecified atom stereocenters. The zero-order valence-electron chi connectivity index (χ0n) is 7.21. The molecule has 1 N–H and O–H groups in total. The van der Waals surface area contributed by atoms with Gasteiger partial charge < -0.3 is 14.8 Å². The Labute approximate surface area is 72.7 Å². The number of hydrogen-bond acceptors (Lipinski definition) is 3. The lowest BCUT2D eigenvalue weighted by molar-refractivity contribution is 0.0823. The molecule has 0 aromatic carbocycles. The van der Waals surface area contributed by atoms with Crippen molar-refractivity contribution in [2.45, 2.75) is 18.9 Å². The molecule has 0 amide bonds. The third-order valence-corrected chi connectivity index (χ3v) is 2.33. The SMILES string of the molecule is C1=C(C2COCCN2)CCCO1.